The molecule has 0 aliphatic heterocycles. The summed E-state index contributed by atoms with van der Waals surface area (Å²) in [6.07, 6.45) is 23.0. The molecule has 444 valence electrons. The van der Waals surface area contributed by atoms with E-state index in [9.17, 15) is 47.9 Å². The number of carbonyl (C=O) groups is 10. The van der Waals surface area contributed by atoms with Crippen LogP contribution in [0.1, 0.15) is 270 Å². The van der Waals surface area contributed by atoms with Crippen LogP contribution in [0, 0.1) is 81.3 Å². The maximum absolute atomic E-state index is 10.4. The Hall–Kier alpha value is -3.30. The van der Waals surface area contributed by atoms with Crippen LogP contribution in [0.15, 0.2) is 0 Å². The van der Waals surface area contributed by atoms with Crippen LogP contribution < -0.4 is 0 Å². The first kappa shape index (κ1) is 93.2. The Bertz CT molecular complexity index is 1210. The Morgan fingerprint density at radius 2 is 0.838 bits per heavy atom. The minimum atomic E-state index is 0.141. The van der Waals surface area contributed by atoms with Gasteiger partial charge in [-0.1, -0.05) is 206 Å². The van der Waals surface area contributed by atoms with E-state index in [1.165, 1.54) is 12.8 Å². The van der Waals surface area contributed by atoms with Crippen molar-refractivity contribution in [3.63, 3.8) is 0 Å². The lowest BCUT2D eigenvalue weighted by molar-refractivity contribution is -0.113. The van der Waals surface area contributed by atoms with Crippen molar-refractivity contribution in [1.82, 2.24) is 0 Å². The van der Waals surface area contributed by atoms with Crippen LogP contribution in [0.2, 0.25) is 0 Å². The molecular weight excluding hydrogens is 929 g/mol. The summed E-state index contributed by atoms with van der Waals surface area (Å²) in [7, 11) is 0. The first-order chi connectivity index (χ1) is 34.0. The quantitative estimate of drug-likeness (QED) is 0.0847. The molecule has 0 saturated heterocycles. The van der Waals surface area contributed by atoms with Crippen LogP contribution in [-0.2, 0) is 47.9 Å². The molecule has 10 heteroatoms. The highest BCUT2D eigenvalue weighted by Gasteiger charge is 2.19. The van der Waals surface area contributed by atoms with Crippen LogP contribution in [0.5, 0.6) is 0 Å². The zero-order valence-corrected chi connectivity index (χ0v) is 53.9. The van der Waals surface area contributed by atoms with Gasteiger partial charge in [-0.05, 0) is 85.4 Å². The lowest BCUT2D eigenvalue weighted by Gasteiger charge is -2.24. The average molecular weight is 1060 g/mol. The topological polar surface area (TPSA) is 171 Å². The van der Waals surface area contributed by atoms with Gasteiger partial charge in [0.15, 0.2) is 0 Å². The minimum Gasteiger partial charge on any atom is -0.303 e. The van der Waals surface area contributed by atoms with Gasteiger partial charge in [-0.25, -0.2) is 0 Å². The second kappa shape index (κ2) is 65.8. The minimum absolute atomic E-state index is 0.141. The Morgan fingerprint density at radius 3 is 0.932 bits per heavy atom. The zero-order chi connectivity index (χ0) is 61.1. The monoisotopic (exact) mass is 1060 g/mol. The summed E-state index contributed by atoms with van der Waals surface area (Å²) >= 11 is 0. The van der Waals surface area contributed by atoms with E-state index in [1.807, 2.05) is 104 Å². The highest BCUT2D eigenvalue weighted by atomic mass is 16.1. The smallest absolute Gasteiger partial charge is 0.123 e. The van der Waals surface area contributed by atoms with E-state index >= 15 is 0 Å². The predicted octanol–water partition coefficient (Wildman–Crippen LogP) is 17.2. The molecule has 7 atom stereocenters. The van der Waals surface area contributed by atoms with Crippen molar-refractivity contribution in [3.8, 4) is 0 Å². The molecule has 0 rings (SSSR count). The molecule has 0 radical (unpaired) electrons. The average Bonchev–Trinajstić information content (AvgIpc) is 3.32. The first-order valence-electron chi connectivity index (χ1n) is 28.5. The highest BCUT2D eigenvalue weighted by Crippen LogP contribution is 2.27. The van der Waals surface area contributed by atoms with Crippen LogP contribution in [0.25, 0.3) is 0 Å². The first-order valence-corrected chi connectivity index (χ1v) is 28.5. The molecule has 0 saturated carbocycles. The van der Waals surface area contributed by atoms with E-state index in [4.69, 9.17) is 0 Å². The standard InChI is InChI=1S/C10H20O.C8H16O.2C7H14O.3C6H12O.2C5H10O.C4H8O/c1-8(9(2)7-11)6-10(3,4)5;1-3-5-6-8(4-2)7-9;1-6(5-8)7(2,3)4;1-4-7(5-8)6(2)3;1-6(2,3)4-5-7;1-3-4-6(2)5-7;1-3-6(4-2)5-7;1-5(2)3-4-6;1-3-5(2)4-6;1-4(2)3-5/h7-9H,6H2,1-5H3;7-8H,3-6H2,1-2H3;5-6H,1-4H3;5-7H,4H2,1-3H3;5H,4H2,1-3H3;2*5-6H,3-4H2,1-2H3;2*4-5H,3H2,1-2H3;3-4H,1-2H3. The molecule has 0 bridgehead atoms. The maximum Gasteiger partial charge on any atom is 0.123 e. The van der Waals surface area contributed by atoms with Gasteiger partial charge in [0, 0.05) is 60.2 Å². The third-order valence-corrected chi connectivity index (χ3v) is 11.4. The van der Waals surface area contributed by atoms with Crippen molar-refractivity contribution in [2.45, 2.75) is 270 Å². The van der Waals surface area contributed by atoms with Crippen molar-refractivity contribution >= 4 is 62.9 Å². The van der Waals surface area contributed by atoms with Crippen LogP contribution in [0.4, 0.5) is 0 Å². The molecule has 7 unspecified atom stereocenters. The van der Waals surface area contributed by atoms with Crippen molar-refractivity contribution < 1.29 is 47.9 Å². The number of rotatable bonds is 24. The Balaban J connectivity index is -0.0000000774. The van der Waals surface area contributed by atoms with Crippen molar-refractivity contribution in [2.75, 3.05) is 0 Å². The van der Waals surface area contributed by atoms with Crippen molar-refractivity contribution in [2.24, 2.45) is 81.3 Å². The number of hydrogen-bond acceptors (Lipinski definition) is 10. The summed E-state index contributed by atoms with van der Waals surface area (Å²) in [4.78, 5) is 99.5. The van der Waals surface area contributed by atoms with Gasteiger partial charge >= 0.3 is 0 Å². The SMILES string of the molecule is CC(C)(C)CC=O.CC(C)C=O.CC(C)CC=O.CC(C=O)C(C)(C)C.CC(C=O)C(C)CC(C)(C)C.CCC(C)C=O.CCC(C=O)C(C)C.CCC(C=O)CC.CCCC(C)C=O.CCCCC(C=O)CC. The maximum atomic E-state index is 10.4. The van der Waals surface area contributed by atoms with Gasteiger partial charge in [0.1, 0.15) is 62.9 Å². The molecule has 0 N–H and O–H groups in total. The Morgan fingerprint density at radius 1 is 0.405 bits per heavy atom. The van der Waals surface area contributed by atoms with Gasteiger partial charge < -0.3 is 47.9 Å². The summed E-state index contributed by atoms with van der Waals surface area (Å²) in [6.45, 7) is 55.2. The molecule has 0 aromatic carbocycles. The van der Waals surface area contributed by atoms with E-state index in [2.05, 4.69) is 83.1 Å². The molecule has 0 aromatic rings. The molecule has 0 spiro atoms. The molecule has 0 fully saturated rings. The Kier molecular flexibility index (Phi) is 82.9. The van der Waals surface area contributed by atoms with E-state index in [0.29, 0.717) is 47.8 Å². The molecule has 0 amide bonds. The number of unbranched alkanes of at least 4 members (excludes halogenated alkanes) is 1. The lowest BCUT2D eigenvalue weighted by Crippen LogP contribution is -2.17. The number of hydrogen-bond donors (Lipinski definition) is 0. The van der Waals surface area contributed by atoms with E-state index in [1.54, 1.807) is 0 Å². The molecule has 0 aliphatic carbocycles. The molecular formula is C64H128O10. The van der Waals surface area contributed by atoms with Gasteiger partial charge in [0.05, 0.1) is 0 Å². The van der Waals surface area contributed by atoms with Crippen LogP contribution in [-0.4, -0.2) is 62.9 Å². The van der Waals surface area contributed by atoms with E-state index in [0.717, 1.165) is 121 Å². The highest BCUT2D eigenvalue weighted by molar-refractivity contribution is 5.55. The van der Waals surface area contributed by atoms with Gasteiger partial charge in [0.2, 0.25) is 0 Å². The van der Waals surface area contributed by atoms with Gasteiger partial charge in [-0.15, -0.1) is 0 Å². The fourth-order valence-corrected chi connectivity index (χ4v) is 4.59. The summed E-state index contributed by atoms with van der Waals surface area (Å²) in [6, 6.07) is 0. The fourth-order valence-electron chi connectivity index (χ4n) is 4.59. The zero-order valence-electron chi connectivity index (χ0n) is 53.9. The predicted molar refractivity (Wildman–Crippen MR) is 320 cm³/mol. The van der Waals surface area contributed by atoms with Crippen molar-refractivity contribution in [3.05, 3.63) is 0 Å². The molecule has 0 aliphatic rings. The normalized spacial score (nSPS) is 13.1. The molecule has 74 heavy (non-hydrogen) atoms. The Labute approximate surface area is 460 Å². The van der Waals surface area contributed by atoms with Gasteiger partial charge in [-0.2, -0.15) is 0 Å². The second-order valence-corrected chi connectivity index (χ2v) is 24.2. The van der Waals surface area contributed by atoms with Crippen molar-refractivity contribution in [1.29, 1.82) is 0 Å². The van der Waals surface area contributed by atoms with Crippen LogP contribution >= 0.6 is 0 Å². The van der Waals surface area contributed by atoms with Crippen LogP contribution in [0.3, 0.4) is 0 Å². The third-order valence-electron chi connectivity index (χ3n) is 11.4. The molecule has 0 heterocycles. The third kappa shape index (κ3) is 101. The van der Waals surface area contributed by atoms with Gasteiger partial charge in [0.25, 0.3) is 0 Å². The second-order valence-electron chi connectivity index (χ2n) is 24.2. The van der Waals surface area contributed by atoms with E-state index in [-0.39, 0.29) is 46.3 Å². The fraction of sp³-hybridized carbons (Fsp3) is 0.844. The molecule has 10 nitrogen and oxygen atoms in total. The van der Waals surface area contributed by atoms with Gasteiger partial charge in [-0.3, -0.25) is 0 Å². The summed E-state index contributed by atoms with van der Waals surface area (Å²) in [5.41, 5.74) is 0.667. The van der Waals surface area contributed by atoms with E-state index < -0.39 is 0 Å². The molecule has 0 aromatic heterocycles. The number of carbonyl (C=O) groups excluding carboxylic acids is 10. The summed E-state index contributed by atoms with van der Waals surface area (Å²) < 4.78 is 0. The summed E-state index contributed by atoms with van der Waals surface area (Å²) in [5, 5.41) is 0. The summed E-state index contributed by atoms with van der Waals surface area (Å²) in [5.74, 6) is 3.55. The largest absolute Gasteiger partial charge is 0.303 e. The lowest BCUT2D eigenvalue weighted by atomic mass is 9.81. The number of aldehydes is 10.